The summed E-state index contributed by atoms with van der Waals surface area (Å²) in [4.78, 5) is 14.9. The number of piperidine rings is 1. The summed E-state index contributed by atoms with van der Waals surface area (Å²) in [7, 11) is -2.19. The van der Waals surface area contributed by atoms with Crippen LogP contribution in [0.2, 0.25) is 0 Å². The third-order valence-corrected chi connectivity index (χ3v) is 7.24. The predicted octanol–water partition coefficient (Wildman–Crippen LogP) is 3.71. The van der Waals surface area contributed by atoms with E-state index in [1.165, 1.54) is 23.8 Å². The first kappa shape index (κ1) is 21.3. The highest BCUT2D eigenvalue weighted by Gasteiger charge is 2.24. The molecule has 6 nitrogen and oxygen atoms in total. The molecule has 1 saturated heterocycles. The number of benzene rings is 2. The van der Waals surface area contributed by atoms with Crippen LogP contribution in [0.4, 0.5) is 11.4 Å². The molecule has 1 fully saturated rings. The van der Waals surface area contributed by atoms with E-state index >= 15 is 0 Å². The van der Waals surface area contributed by atoms with Crippen LogP contribution < -0.4 is 9.62 Å². The molecule has 3 rings (SSSR count). The molecule has 1 heterocycles. The van der Waals surface area contributed by atoms with Gasteiger partial charge < -0.3 is 5.32 Å². The van der Waals surface area contributed by atoms with E-state index in [2.05, 4.69) is 17.1 Å². The summed E-state index contributed by atoms with van der Waals surface area (Å²) in [5, 5.41) is 2.86. The third kappa shape index (κ3) is 5.16. The number of carbonyl (C=O) groups excluding carboxylic acids is 1. The van der Waals surface area contributed by atoms with Gasteiger partial charge in [0.1, 0.15) is 0 Å². The minimum Gasteiger partial charge on any atom is -0.325 e. The summed E-state index contributed by atoms with van der Waals surface area (Å²) in [6, 6.07) is 15.8. The number of hydrogen-bond acceptors (Lipinski definition) is 4. The molecule has 2 aromatic rings. The number of nitrogens with zero attached hydrogens (tertiary/aromatic N) is 2. The van der Waals surface area contributed by atoms with Gasteiger partial charge in [-0.25, -0.2) is 8.42 Å². The molecule has 0 spiro atoms. The Labute approximate surface area is 173 Å². The lowest BCUT2D eigenvalue weighted by Gasteiger charge is -2.34. The van der Waals surface area contributed by atoms with E-state index in [4.69, 9.17) is 0 Å². The Morgan fingerprint density at radius 1 is 1.14 bits per heavy atom. The lowest BCUT2D eigenvalue weighted by atomic mass is 10.00. The van der Waals surface area contributed by atoms with Crippen LogP contribution in [0.25, 0.3) is 0 Å². The highest BCUT2D eigenvalue weighted by molar-refractivity contribution is 7.92. The first-order chi connectivity index (χ1) is 13.9. The Hall–Kier alpha value is -2.38. The van der Waals surface area contributed by atoms with Gasteiger partial charge in [-0.05, 0) is 56.1 Å². The number of likely N-dealkylation sites (tertiary alicyclic amines) is 1. The second-order valence-electron chi connectivity index (χ2n) is 7.41. The van der Waals surface area contributed by atoms with Crippen molar-refractivity contribution in [2.45, 2.75) is 43.5 Å². The van der Waals surface area contributed by atoms with Gasteiger partial charge in [0.05, 0.1) is 17.1 Å². The molecule has 0 bridgehead atoms. The molecular weight excluding hydrogens is 386 g/mol. The molecule has 1 N–H and O–H groups in total. The predicted molar refractivity (Wildman–Crippen MR) is 117 cm³/mol. The Bertz CT molecular complexity index is 931. The third-order valence-electron chi connectivity index (χ3n) is 5.46. The van der Waals surface area contributed by atoms with Crippen LogP contribution in [0.3, 0.4) is 0 Å². The van der Waals surface area contributed by atoms with Gasteiger partial charge in [0.25, 0.3) is 10.0 Å². The standard InChI is InChI=1S/C22H29N3O3S/c1-3-19-11-7-8-15-25(19)17-22(26)23-18-10-9-14-21(16-18)29(27,28)24(2)20-12-5-4-6-13-20/h4-6,9-10,12-14,16,19H,3,7-8,11,15,17H2,1-2H3,(H,23,26). The smallest absolute Gasteiger partial charge is 0.264 e. The van der Waals surface area contributed by atoms with Gasteiger partial charge in [-0.1, -0.05) is 37.6 Å². The maximum Gasteiger partial charge on any atom is 0.264 e. The van der Waals surface area contributed by atoms with Crippen molar-refractivity contribution in [3.63, 3.8) is 0 Å². The Kier molecular flexibility index (Phi) is 6.92. The van der Waals surface area contributed by atoms with Crippen molar-refractivity contribution in [3.8, 4) is 0 Å². The van der Waals surface area contributed by atoms with Gasteiger partial charge >= 0.3 is 0 Å². The van der Waals surface area contributed by atoms with Crippen LogP contribution in [0.5, 0.6) is 0 Å². The maximum atomic E-state index is 13.0. The lowest BCUT2D eigenvalue weighted by molar-refractivity contribution is -0.118. The summed E-state index contributed by atoms with van der Waals surface area (Å²) in [6.07, 6.45) is 4.49. The minimum absolute atomic E-state index is 0.115. The van der Waals surface area contributed by atoms with E-state index in [0.717, 1.165) is 25.8 Å². The van der Waals surface area contributed by atoms with Gasteiger partial charge in [0, 0.05) is 18.8 Å². The fourth-order valence-electron chi connectivity index (χ4n) is 3.78. The van der Waals surface area contributed by atoms with Crippen molar-refractivity contribution in [1.82, 2.24) is 4.90 Å². The molecular formula is C22H29N3O3S. The topological polar surface area (TPSA) is 69.7 Å². The normalized spacial score (nSPS) is 17.7. The van der Waals surface area contributed by atoms with E-state index in [0.29, 0.717) is 24.0 Å². The molecule has 0 radical (unpaired) electrons. The van der Waals surface area contributed by atoms with Crippen LogP contribution in [0.15, 0.2) is 59.5 Å². The average molecular weight is 416 g/mol. The number of carbonyl (C=O) groups is 1. The second kappa shape index (κ2) is 9.41. The highest BCUT2D eigenvalue weighted by atomic mass is 32.2. The van der Waals surface area contributed by atoms with E-state index < -0.39 is 10.0 Å². The monoisotopic (exact) mass is 415 g/mol. The summed E-state index contributed by atoms with van der Waals surface area (Å²) >= 11 is 0. The van der Waals surface area contributed by atoms with Crippen LogP contribution >= 0.6 is 0 Å². The number of nitrogens with one attached hydrogen (secondary N) is 1. The lowest BCUT2D eigenvalue weighted by Crippen LogP contribution is -2.43. The average Bonchev–Trinajstić information content (AvgIpc) is 2.74. The number of para-hydroxylation sites is 1. The van der Waals surface area contributed by atoms with Crippen LogP contribution in [-0.2, 0) is 14.8 Å². The van der Waals surface area contributed by atoms with Gasteiger partial charge in [-0.3, -0.25) is 14.0 Å². The quantitative estimate of drug-likeness (QED) is 0.748. The van der Waals surface area contributed by atoms with Crippen molar-refractivity contribution in [2.75, 3.05) is 29.8 Å². The fraction of sp³-hybridized carbons (Fsp3) is 0.409. The SMILES string of the molecule is CCC1CCCCN1CC(=O)Nc1cccc(S(=O)(=O)N(C)c2ccccc2)c1. The first-order valence-corrected chi connectivity index (χ1v) is 11.5. The minimum atomic E-state index is -3.72. The summed E-state index contributed by atoms with van der Waals surface area (Å²) < 4.78 is 27.2. The van der Waals surface area contributed by atoms with E-state index in [-0.39, 0.29) is 10.8 Å². The molecule has 0 aromatic heterocycles. The highest BCUT2D eigenvalue weighted by Crippen LogP contribution is 2.24. The van der Waals surface area contributed by atoms with Crippen LogP contribution in [-0.4, -0.2) is 45.4 Å². The zero-order valence-electron chi connectivity index (χ0n) is 17.0. The molecule has 7 heteroatoms. The number of anilines is 2. The molecule has 156 valence electrons. The molecule has 1 amide bonds. The van der Waals surface area contributed by atoms with Crippen molar-refractivity contribution in [2.24, 2.45) is 0 Å². The zero-order chi connectivity index (χ0) is 20.9. The van der Waals surface area contributed by atoms with Crippen molar-refractivity contribution in [1.29, 1.82) is 0 Å². The molecule has 0 aliphatic carbocycles. The summed E-state index contributed by atoms with van der Waals surface area (Å²) in [5.74, 6) is -0.115. The molecule has 2 aromatic carbocycles. The van der Waals surface area contributed by atoms with Gasteiger partial charge in [0.15, 0.2) is 0 Å². The van der Waals surface area contributed by atoms with Gasteiger partial charge in [-0.15, -0.1) is 0 Å². The van der Waals surface area contributed by atoms with Crippen LogP contribution in [0, 0.1) is 0 Å². The van der Waals surface area contributed by atoms with E-state index in [9.17, 15) is 13.2 Å². The number of amides is 1. The van der Waals surface area contributed by atoms with Gasteiger partial charge in [0.2, 0.25) is 5.91 Å². The van der Waals surface area contributed by atoms with Gasteiger partial charge in [-0.2, -0.15) is 0 Å². The second-order valence-corrected chi connectivity index (χ2v) is 9.38. The largest absolute Gasteiger partial charge is 0.325 e. The molecule has 1 aliphatic rings. The fourth-order valence-corrected chi connectivity index (χ4v) is 5.03. The van der Waals surface area contributed by atoms with Crippen molar-refractivity contribution >= 4 is 27.3 Å². The Morgan fingerprint density at radius 2 is 1.90 bits per heavy atom. The first-order valence-electron chi connectivity index (χ1n) is 10.1. The number of rotatable bonds is 7. The van der Waals surface area contributed by atoms with Crippen LogP contribution in [0.1, 0.15) is 32.6 Å². The molecule has 0 saturated carbocycles. The zero-order valence-corrected chi connectivity index (χ0v) is 17.9. The maximum absolute atomic E-state index is 13.0. The molecule has 1 unspecified atom stereocenters. The number of sulfonamides is 1. The Morgan fingerprint density at radius 3 is 2.62 bits per heavy atom. The molecule has 29 heavy (non-hydrogen) atoms. The molecule has 1 atom stereocenters. The van der Waals surface area contributed by atoms with E-state index in [1.807, 2.05) is 6.07 Å². The summed E-state index contributed by atoms with van der Waals surface area (Å²) in [6.45, 7) is 3.42. The summed E-state index contributed by atoms with van der Waals surface area (Å²) in [5.41, 5.74) is 1.07. The van der Waals surface area contributed by atoms with E-state index in [1.54, 1.807) is 42.5 Å². The molecule has 1 aliphatic heterocycles. The Balaban J connectivity index is 1.71. The van der Waals surface area contributed by atoms with Crippen molar-refractivity contribution in [3.05, 3.63) is 54.6 Å². The number of hydrogen-bond donors (Lipinski definition) is 1. The van der Waals surface area contributed by atoms with Crippen molar-refractivity contribution < 1.29 is 13.2 Å².